The molecule has 0 radical (unpaired) electrons. The lowest BCUT2D eigenvalue weighted by Gasteiger charge is -2.38. The summed E-state index contributed by atoms with van der Waals surface area (Å²) < 4.78 is 16.4. The van der Waals surface area contributed by atoms with Gasteiger partial charge in [0.1, 0.15) is 18.3 Å². The number of phenols is 1. The molecule has 2 aromatic carbocycles. The van der Waals surface area contributed by atoms with Crippen molar-refractivity contribution in [3.05, 3.63) is 47.5 Å². The van der Waals surface area contributed by atoms with Crippen LogP contribution in [0.5, 0.6) is 23.0 Å². The molecular weight excluding hydrogens is 468 g/mol. The zero-order chi connectivity index (χ0) is 26.6. The highest BCUT2D eigenvalue weighted by Gasteiger charge is 2.47. The number of methoxy groups -OCH3 is 2. The Bertz CT molecular complexity index is 1040. The third-order valence-corrected chi connectivity index (χ3v) is 7.13. The van der Waals surface area contributed by atoms with Crippen LogP contribution in [0.25, 0.3) is 0 Å². The monoisotopic (exact) mass is 504 g/mol. The second-order valence-electron chi connectivity index (χ2n) is 9.66. The average molecular weight is 505 g/mol. The zero-order valence-electron chi connectivity index (χ0n) is 21.0. The predicted octanol–water partition coefficient (Wildman–Crippen LogP) is 2.40. The third-order valence-electron chi connectivity index (χ3n) is 7.13. The number of aliphatic hydroxyl groups excluding tert-OH is 3. The van der Waals surface area contributed by atoms with Gasteiger partial charge in [-0.1, -0.05) is 26.0 Å². The molecule has 7 atom stereocenters. The van der Waals surface area contributed by atoms with Crippen LogP contribution < -0.4 is 14.2 Å². The zero-order valence-corrected chi connectivity index (χ0v) is 21.0. The number of hydrogen-bond acceptors (Lipinski definition) is 8. The molecule has 0 aromatic heterocycles. The van der Waals surface area contributed by atoms with E-state index < -0.39 is 36.3 Å². The molecule has 1 aliphatic rings. The number of rotatable bonds is 10. The van der Waals surface area contributed by atoms with Gasteiger partial charge in [0.15, 0.2) is 23.0 Å². The number of hydrogen-bond donors (Lipinski definition) is 5. The molecule has 1 saturated carbocycles. The number of benzene rings is 2. The number of carboxylic acid groups (broad SMARTS) is 1. The Hall–Kier alpha value is -3.01. The molecule has 0 spiro atoms. The van der Waals surface area contributed by atoms with Crippen molar-refractivity contribution in [2.45, 2.75) is 57.5 Å². The Morgan fingerprint density at radius 2 is 1.42 bits per heavy atom. The van der Waals surface area contributed by atoms with Gasteiger partial charge in [0.2, 0.25) is 0 Å². The Morgan fingerprint density at radius 1 is 0.861 bits per heavy atom. The lowest BCUT2D eigenvalue weighted by atomic mass is 9.80. The van der Waals surface area contributed by atoms with Crippen molar-refractivity contribution in [2.24, 2.45) is 17.8 Å². The fourth-order valence-electron chi connectivity index (χ4n) is 4.66. The lowest BCUT2D eigenvalue weighted by molar-refractivity contribution is -0.174. The third kappa shape index (κ3) is 6.21. The van der Waals surface area contributed by atoms with Crippen LogP contribution in [0.15, 0.2) is 36.4 Å². The Kier molecular flexibility index (Phi) is 9.05. The topological polar surface area (TPSA) is 146 Å². The van der Waals surface area contributed by atoms with Gasteiger partial charge >= 0.3 is 5.97 Å². The molecule has 3 rings (SSSR count). The number of phenolic OH excluding ortho intramolecular Hbond substituents is 1. The largest absolute Gasteiger partial charge is 0.504 e. The van der Waals surface area contributed by atoms with E-state index >= 15 is 0 Å². The Morgan fingerprint density at radius 3 is 1.94 bits per heavy atom. The van der Waals surface area contributed by atoms with E-state index in [4.69, 9.17) is 14.2 Å². The van der Waals surface area contributed by atoms with E-state index in [9.17, 15) is 30.3 Å². The summed E-state index contributed by atoms with van der Waals surface area (Å²) in [5.74, 6) is -0.661. The van der Waals surface area contributed by atoms with Gasteiger partial charge in [-0.05, 0) is 60.1 Å². The molecule has 0 aliphatic heterocycles. The van der Waals surface area contributed by atoms with Crippen LogP contribution in [0, 0.1) is 17.8 Å². The van der Waals surface area contributed by atoms with Crippen molar-refractivity contribution in [1.29, 1.82) is 0 Å². The van der Waals surface area contributed by atoms with Crippen molar-refractivity contribution in [3.8, 4) is 23.0 Å². The van der Waals surface area contributed by atoms with E-state index in [1.165, 1.54) is 0 Å². The van der Waals surface area contributed by atoms with Crippen LogP contribution in [0.3, 0.4) is 0 Å². The maximum Gasteiger partial charge on any atom is 0.309 e. The second-order valence-corrected chi connectivity index (χ2v) is 9.66. The number of aromatic hydroxyl groups is 1. The normalized spacial score (nSPS) is 25.6. The number of aliphatic hydroxyl groups is 3. The van der Waals surface area contributed by atoms with Gasteiger partial charge in [-0.3, -0.25) is 4.79 Å². The lowest BCUT2D eigenvalue weighted by Crippen LogP contribution is -2.57. The fraction of sp³-hybridized carbons (Fsp3) is 0.519. The molecule has 2 aromatic rings. The smallest absolute Gasteiger partial charge is 0.309 e. The van der Waals surface area contributed by atoms with E-state index in [1.54, 1.807) is 26.4 Å². The fourth-order valence-corrected chi connectivity index (χ4v) is 4.66. The quantitative estimate of drug-likeness (QED) is 0.329. The molecule has 1 fully saturated rings. The minimum Gasteiger partial charge on any atom is -0.504 e. The van der Waals surface area contributed by atoms with E-state index in [2.05, 4.69) is 13.8 Å². The van der Waals surface area contributed by atoms with Gasteiger partial charge < -0.3 is 39.7 Å². The van der Waals surface area contributed by atoms with Crippen molar-refractivity contribution in [3.63, 3.8) is 0 Å². The highest BCUT2D eigenvalue weighted by molar-refractivity contribution is 5.71. The van der Waals surface area contributed by atoms with Gasteiger partial charge in [0, 0.05) is 6.42 Å². The highest BCUT2D eigenvalue weighted by Crippen LogP contribution is 2.35. The highest BCUT2D eigenvalue weighted by atomic mass is 16.5. The molecule has 0 unspecified atom stereocenters. The Labute approximate surface area is 210 Å². The van der Waals surface area contributed by atoms with E-state index in [-0.39, 0.29) is 23.8 Å². The van der Waals surface area contributed by atoms with E-state index in [0.29, 0.717) is 23.8 Å². The van der Waals surface area contributed by atoms with Crippen LogP contribution in [-0.2, 0) is 17.6 Å². The number of carboxylic acids is 1. The molecule has 0 heterocycles. The summed E-state index contributed by atoms with van der Waals surface area (Å²) in [5, 5.41) is 50.0. The first-order valence-electron chi connectivity index (χ1n) is 12.0. The van der Waals surface area contributed by atoms with Gasteiger partial charge in [0.25, 0.3) is 0 Å². The van der Waals surface area contributed by atoms with Crippen LogP contribution in [0.2, 0.25) is 0 Å². The molecule has 0 bridgehead atoms. The first-order valence-corrected chi connectivity index (χ1v) is 12.0. The molecule has 1 aliphatic carbocycles. The second kappa shape index (κ2) is 11.8. The molecule has 36 heavy (non-hydrogen) atoms. The SMILES string of the molecule is COc1ccc(C[C@H](C)[C@H](C)Cc2ccc(O[C@@H]3C[C@H](C(=O)O)[C@@H](O)[C@H](O)[C@H]3O)c(O)c2)cc1OC. The van der Waals surface area contributed by atoms with Crippen molar-refractivity contribution >= 4 is 5.97 Å². The van der Waals surface area contributed by atoms with Crippen molar-refractivity contribution in [2.75, 3.05) is 14.2 Å². The van der Waals surface area contributed by atoms with Crippen molar-refractivity contribution in [1.82, 2.24) is 0 Å². The summed E-state index contributed by atoms with van der Waals surface area (Å²) >= 11 is 0. The standard InChI is InChI=1S/C27H36O9/c1-14(15(2)10-17-6-8-21(34-3)22(12-17)35-4)9-16-5-7-20(19(28)11-16)36-23-13-18(27(32)33)24(29)26(31)25(23)30/h5-8,11-12,14-15,18,23-26,28-31H,9-10,13H2,1-4H3,(H,32,33)/t14-,15+,18+,23-,24-,25+,26+/m1/s1. The van der Waals surface area contributed by atoms with Gasteiger partial charge in [0.05, 0.1) is 26.2 Å². The van der Waals surface area contributed by atoms with Gasteiger partial charge in [-0.25, -0.2) is 0 Å². The summed E-state index contributed by atoms with van der Waals surface area (Å²) in [6.07, 6.45) is -4.52. The van der Waals surface area contributed by atoms with Gasteiger partial charge in [-0.15, -0.1) is 0 Å². The average Bonchev–Trinajstić information content (AvgIpc) is 2.85. The molecule has 9 heteroatoms. The van der Waals surface area contributed by atoms with Gasteiger partial charge in [-0.2, -0.15) is 0 Å². The summed E-state index contributed by atoms with van der Waals surface area (Å²) in [6, 6.07) is 10.9. The number of ether oxygens (including phenoxy) is 3. The molecule has 0 amide bonds. The minimum atomic E-state index is -1.67. The van der Waals surface area contributed by atoms with Crippen LogP contribution in [0.1, 0.15) is 31.4 Å². The molecular formula is C27H36O9. The van der Waals surface area contributed by atoms with Crippen molar-refractivity contribution < 1.29 is 44.5 Å². The summed E-state index contributed by atoms with van der Waals surface area (Å²) in [4.78, 5) is 11.4. The first-order chi connectivity index (χ1) is 17.0. The van der Waals surface area contributed by atoms with Crippen LogP contribution in [-0.4, -0.2) is 70.1 Å². The number of carbonyl (C=O) groups is 1. The summed E-state index contributed by atoms with van der Waals surface area (Å²) in [5.41, 5.74) is 2.03. The summed E-state index contributed by atoms with van der Waals surface area (Å²) in [7, 11) is 3.21. The van der Waals surface area contributed by atoms with E-state index in [0.717, 1.165) is 17.5 Å². The molecule has 0 saturated heterocycles. The summed E-state index contributed by atoms with van der Waals surface area (Å²) in [6.45, 7) is 4.31. The Balaban J connectivity index is 1.63. The molecule has 198 valence electrons. The maximum atomic E-state index is 11.4. The van der Waals surface area contributed by atoms with Crippen LogP contribution in [0.4, 0.5) is 0 Å². The van der Waals surface area contributed by atoms with E-state index in [1.807, 2.05) is 24.3 Å². The predicted molar refractivity (Wildman–Crippen MR) is 132 cm³/mol. The molecule has 9 nitrogen and oxygen atoms in total. The van der Waals surface area contributed by atoms with Crippen LogP contribution >= 0.6 is 0 Å². The maximum absolute atomic E-state index is 11.4. The number of aliphatic carboxylic acids is 1. The minimum absolute atomic E-state index is 0.0709. The molecule has 5 N–H and O–H groups in total. The first kappa shape index (κ1) is 27.6.